The van der Waals surface area contributed by atoms with E-state index >= 15 is 0 Å². The van der Waals surface area contributed by atoms with Crippen molar-refractivity contribution in [1.29, 1.82) is 0 Å². The van der Waals surface area contributed by atoms with Gasteiger partial charge in [0.25, 0.3) is 0 Å². The van der Waals surface area contributed by atoms with Gasteiger partial charge in [-0.3, -0.25) is 4.79 Å². The Morgan fingerprint density at radius 1 is 0.811 bits per heavy atom. The highest BCUT2D eigenvalue weighted by atomic mass is 16.6. The van der Waals surface area contributed by atoms with Crippen LogP contribution in [0.1, 0.15) is 28.2 Å². The number of rotatable bonds is 4. The molecule has 2 aliphatic rings. The summed E-state index contributed by atoms with van der Waals surface area (Å²) in [6.45, 7) is 0.325. The van der Waals surface area contributed by atoms with Crippen molar-refractivity contribution in [3.8, 4) is 23.0 Å². The standard InChI is InChI=1S/C30H23NO4.CH4O/c32-19-23-17-24-22(15-16-27-29(24)35-26-14-8-7-13-25(26)34-27)18-31(23)30(33)28(20-9-3-1-4-10-20)21-11-5-2-6-12-21;1-2/h1-16,19,23,28H,17-18H2;2H,1H3. The topological polar surface area (TPSA) is 76.1 Å². The Kier molecular flexibility index (Phi) is 7.01. The Morgan fingerprint density at radius 3 is 1.97 bits per heavy atom. The maximum absolute atomic E-state index is 14.0. The fraction of sp³-hybridized carbons (Fsp3) is 0.161. The van der Waals surface area contributed by atoms with Crippen LogP contribution in [0.3, 0.4) is 0 Å². The Hall–Kier alpha value is -4.42. The van der Waals surface area contributed by atoms with E-state index < -0.39 is 12.0 Å². The summed E-state index contributed by atoms with van der Waals surface area (Å²) in [7, 11) is 1.00. The first-order chi connectivity index (χ1) is 18.2. The van der Waals surface area contributed by atoms with Gasteiger partial charge in [0.1, 0.15) is 6.29 Å². The van der Waals surface area contributed by atoms with Crippen LogP contribution in [0.15, 0.2) is 97.1 Å². The minimum absolute atomic E-state index is 0.0922. The van der Waals surface area contributed by atoms with E-state index in [2.05, 4.69) is 0 Å². The lowest BCUT2D eigenvalue weighted by atomic mass is 9.87. The summed E-state index contributed by atoms with van der Waals surface area (Å²) in [5.74, 6) is 1.97. The van der Waals surface area contributed by atoms with Crippen molar-refractivity contribution < 1.29 is 24.2 Å². The predicted molar refractivity (Wildman–Crippen MR) is 140 cm³/mol. The fourth-order valence-electron chi connectivity index (χ4n) is 4.98. The maximum Gasteiger partial charge on any atom is 0.235 e. The van der Waals surface area contributed by atoms with E-state index in [1.807, 2.05) is 97.1 Å². The minimum Gasteiger partial charge on any atom is -0.450 e. The van der Waals surface area contributed by atoms with Crippen molar-refractivity contribution in [3.63, 3.8) is 0 Å². The number of fused-ring (bicyclic) bond motifs is 4. The zero-order valence-corrected chi connectivity index (χ0v) is 20.4. The number of nitrogens with zero attached hydrogens (tertiary/aromatic N) is 1. The van der Waals surface area contributed by atoms with Crippen molar-refractivity contribution in [1.82, 2.24) is 4.90 Å². The van der Waals surface area contributed by atoms with Gasteiger partial charge in [-0.15, -0.1) is 0 Å². The number of para-hydroxylation sites is 2. The number of hydrogen-bond acceptors (Lipinski definition) is 5. The molecule has 1 N–H and O–H groups in total. The first kappa shape index (κ1) is 24.3. The molecule has 6 nitrogen and oxygen atoms in total. The summed E-state index contributed by atoms with van der Waals surface area (Å²) in [6.07, 6.45) is 1.24. The number of aliphatic hydroxyl groups excluding tert-OH is 1. The highest BCUT2D eigenvalue weighted by molar-refractivity contribution is 5.89. The molecule has 2 aliphatic heterocycles. The Labute approximate surface area is 215 Å². The van der Waals surface area contributed by atoms with E-state index in [0.29, 0.717) is 36.0 Å². The Bertz CT molecular complexity index is 1360. The number of ether oxygens (including phenoxy) is 2. The molecular weight excluding hydrogens is 466 g/mol. The van der Waals surface area contributed by atoms with Crippen molar-refractivity contribution in [3.05, 3.63) is 119 Å². The minimum atomic E-state index is -0.600. The first-order valence-electron chi connectivity index (χ1n) is 12.1. The normalized spacial score (nSPS) is 15.1. The fourth-order valence-corrected chi connectivity index (χ4v) is 4.98. The van der Waals surface area contributed by atoms with Crippen LogP contribution in [0.25, 0.3) is 0 Å². The summed E-state index contributed by atoms with van der Waals surface area (Å²) in [5, 5.41) is 7.00. The van der Waals surface area contributed by atoms with Gasteiger partial charge in [0.2, 0.25) is 5.91 Å². The van der Waals surface area contributed by atoms with Gasteiger partial charge < -0.3 is 24.3 Å². The van der Waals surface area contributed by atoms with Crippen LogP contribution in [-0.4, -0.2) is 35.4 Å². The van der Waals surface area contributed by atoms with Crippen LogP contribution in [0.5, 0.6) is 23.0 Å². The van der Waals surface area contributed by atoms with E-state index in [0.717, 1.165) is 35.6 Å². The number of aldehydes is 1. The van der Waals surface area contributed by atoms with Crippen molar-refractivity contribution in [2.45, 2.75) is 24.9 Å². The van der Waals surface area contributed by atoms with Gasteiger partial charge in [-0.2, -0.15) is 0 Å². The van der Waals surface area contributed by atoms with Gasteiger partial charge in [-0.25, -0.2) is 0 Å². The molecule has 0 saturated heterocycles. The number of carbonyl (C=O) groups excluding carboxylic acids is 2. The van der Waals surface area contributed by atoms with E-state index in [1.165, 1.54) is 0 Å². The highest BCUT2D eigenvalue weighted by Crippen LogP contribution is 2.49. The van der Waals surface area contributed by atoms with E-state index in [4.69, 9.17) is 14.6 Å². The van der Waals surface area contributed by atoms with Gasteiger partial charge in [0, 0.05) is 25.6 Å². The van der Waals surface area contributed by atoms with Gasteiger partial charge in [-0.05, 0) is 34.9 Å². The number of benzene rings is 4. The first-order valence-corrected chi connectivity index (χ1v) is 12.1. The zero-order valence-electron chi connectivity index (χ0n) is 20.4. The molecule has 1 amide bonds. The quantitative estimate of drug-likeness (QED) is 0.336. The lowest BCUT2D eigenvalue weighted by Crippen LogP contribution is -2.47. The Balaban J connectivity index is 0.00000137. The summed E-state index contributed by atoms with van der Waals surface area (Å²) in [6, 6.07) is 30.2. The average molecular weight is 494 g/mol. The monoisotopic (exact) mass is 493 g/mol. The Morgan fingerprint density at radius 2 is 1.38 bits per heavy atom. The van der Waals surface area contributed by atoms with E-state index in [-0.39, 0.29) is 5.91 Å². The van der Waals surface area contributed by atoms with Crippen molar-refractivity contribution in [2.75, 3.05) is 7.11 Å². The largest absolute Gasteiger partial charge is 0.450 e. The predicted octanol–water partition coefficient (Wildman–Crippen LogP) is 5.48. The summed E-state index contributed by atoms with van der Waals surface area (Å²) in [4.78, 5) is 28.0. The van der Waals surface area contributed by atoms with Crippen LogP contribution < -0.4 is 9.47 Å². The summed E-state index contributed by atoms with van der Waals surface area (Å²) >= 11 is 0. The van der Waals surface area contributed by atoms with Crippen LogP contribution in [0, 0.1) is 0 Å². The molecule has 6 rings (SSSR count). The average Bonchev–Trinajstić information content (AvgIpc) is 2.97. The second-order valence-corrected chi connectivity index (χ2v) is 8.81. The van der Waals surface area contributed by atoms with Gasteiger partial charge in [-0.1, -0.05) is 78.9 Å². The lowest BCUT2D eigenvalue weighted by molar-refractivity contribution is -0.138. The molecule has 2 heterocycles. The van der Waals surface area contributed by atoms with Crippen LogP contribution >= 0.6 is 0 Å². The van der Waals surface area contributed by atoms with E-state index in [1.54, 1.807) is 4.90 Å². The molecule has 0 fully saturated rings. The maximum atomic E-state index is 14.0. The van der Waals surface area contributed by atoms with Gasteiger partial charge >= 0.3 is 0 Å². The van der Waals surface area contributed by atoms with Gasteiger partial charge in [0.15, 0.2) is 23.0 Å². The van der Waals surface area contributed by atoms with Crippen molar-refractivity contribution >= 4 is 12.2 Å². The van der Waals surface area contributed by atoms with Crippen molar-refractivity contribution in [2.24, 2.45) is 0 Å². The molecule has 37 heavy (non-hydrogen) atoms. The van der Waals surface area contributed by atoms with Gasteiger partial charge in [0.05, 0.1) is 12.0 Å². The second-order valence-electron chi connectivity index (χ2n) is 8.81. The highest BCUT2D eigenvalue weighted by Gasteiger charge is 2.37. The molecule has 4 aromatic carbocycles. The SMILES string of the molecule is CO.O=CC1Cc2c(ccc3c2Oc2ccccc2O3)CN1C(=O)C(c1ccccc1)c1ccccc1. The molecule has 0 aliphatic carbocycles. The third-order valence-corrected chi connectivity index (χ3v) is 6.71. The molecule has 0 aromatic heterocycles. The molecule has 186 valence electrons. The molecule has 0 radical (unpaired) electrons. The van der Waals surface area contributed by atoms with Crippen LogP contribution in [-0.2, 0) is 22.6 Å². The molecule has 1 unspecified atom stereocenters. The molecular formula is C31H27NO5. The molecule has 0 saturated carbocycles. The summed E-state index contributed by atoms with van der Waals surface area (Å²) in [5.41, 5.74) is 3.67. The number of amides is 1. The number of aliphatic hydroxyl groups is 1. The number of hydrogen-bond donors (Lipinski definition) is 1. The molecule has 0 spiro atoms. The molecule has 0 bridgehead atoms. The molecule has 1 atom stereocenters. The number of carbonyl (C=O) groups is 2. The van der Waals surface area contributed by atoms with Crippen LogP contribution in [0.2, 0.25) is 0 Å². The molecule has 4 aromatic rings. The third-order valence-electron chi connectivity index (χ3n) is 6.71. The zero-order chi connectivity index (χ0) is 25.8. The second kappa shape index (κ2) is 10.7. The lowest BCUT2D eigenvalue weighted by Gasteiger charge is -2.37. The summed E-state index contributed by atoms with van der Waals surface area (Å²) < 4.78 is 12.3. The van der Waals surface area contributed by atoms with E-state index in [9.17, 15) is 9.59 Å². The smallest absolute Gasteiger partial charge is 0.235 e. The molecule has 6 heteroatoms. The van der Waals surface area contributed by atoms with Crippen LogP contribution in [0.4, 0.5) is 0 Å². The third kappa shape index (κ3) is 4.59.